The second-order valence-corrected chi connectivity index (χ2v) is 17.3. The molecule has 6 rings (SSSR count). The van der Waals surface area contributed by atoms with Crippen molar-refractivity contribution < 1.29 is 32.2 Å². The van der Waals surface area contributed by atoms with E-state index in [2.05, 4.69) is 28.6 Å². The van der Waals surface area contributed by atoms with Crippen LogP contribution in [0.4, 0.5) is 5.69 Å². The van der Waals surface area contributed by atoms with Gasteiger partial charge in [-0.25, -0.2) is 13.1 Å². The van der Waals surface area contributed by atoms with E-state index in [9.17, 15) is 13.2 Å². The standard InChI is InChI=1S/C38H54ClN3O7S/c1-25-8-7-10-33(38-48-22-31(23-49-38)41(2)3)32-15-12-28(32)20-42-17-6-5-9-26-18-30(39)14-11-29(26)21-47-35-16-13-27(19-34(35)42)37(43)40-50(44,45)36(25)24-46-4/h11,13-14,16,18-19,25,28,31-33,36,38H,5-10,12,15,17,20-24H2,1-4H3,(H,40,43)/t25-,28-,31-,32+,33-,36-,38+/m0/s1. The van der Waals surface area contributed by atoms with Gasteiger partial charge in [0.25, 0.3) is 5.91 Å². The average Bonchev–Trinajstić information content (AvgIpc) is 3.11. The summed E-state index contributed by atoms with van der Waals surface area (Å²) in [4.78, 5) is 18.2. The van der Waals surface area contributed by atoms with E-state index in [1.807, 2.05) is 31.2 Å². The van der Waals surface area contributed by atoms with Crippen LogP contribution in [0.1, 0.15) is 73.4 Å². The first kappa shape index (κ1) is 37.4. The number of carbonyl (C=O) groups is 1. The Balaban J connectivity index is 1.36. The fourth-order valence-electron chi connectivity index (χ4n) is 8.20. The molecule has 4 aliphatic rings. The number of methoxy groups -OCH3 is 1. The molecule has 10 nitrogen and oxygen atoms in total. The molecule has 2 bridgehead atoms. The highest BCUT2D eigenvalue weighted by molar-refractivity contribution is 7.90. The molecule has 1 saturated heterocycles. The van der Waals surface area contributed by atoms with E-state index in [0.29, 0.717) is 48.8 Å². The van der Waals surface area contributed by atoms with Crippen LogP contribution in [0.25, 0.3) is 0 Å². The molecule has 50 heavy (non-hydrogen) atoms. The van der Waals surface area contributed by atoms with Crippen molar-refractivity contribution in [2.75, 3.05) is 59.0 Å². The van der Waals surface area contributed by atoms with Crippen LogP contribution in [0.3, 0.4) is 0 Å². The number of carbonyl (C=O) groups excluding carboxylic acids is 1. The van der Waals surface area contributed by atoms with Gasteiger partial charge in [0, 0.05) is 36.7 Å². The third kappa shape index (κ3) is 8.61. The number of hydrogen-bond donors (Lipinski definition) is 1. The lowest BCUT2D eigenvalue weighted by molar-refractivity contribution is -0.240. The maximum Gasteiger partial charge on any atom is 0.264 e. The first-order valence-electron chi connectivity index (χ1n) is 18.3. The predicted octanol–water partition coefficient (Wildman–Crippen LogP) is 5.90. The Kier molecular flexibility index (Phi) is 12.3. The molecular formula is C38H54ClN3O7S. The zero-order valence-corrected chi connectivity index (χ0v) is 31.5. The van der Waals surface area contributed by atoms with E-state index in [1.165, 1.54) is 12.7 Å². The lowest BCUT2D eigenvalue weighted by Gasteiger charge is -2.48. The second kappa shape index (κ2) is 16.5. The number of benzene rings is 2. The highest BCUT2D eigenvalue weighted by atomic mass is 35.5. The van der Waals surface area contributed by atoms with Crippen LogP contribution in [0.5, 0.6) is 5.75 Å². The van der Waals surface area contributed by atoms with Crippen molar-refractivity contribution in [3.05, 3.63) is 58.1 Å². The van der Waals surface area contributed by atoms with E-state index in [0.717, 1.165) is 69.3 Å². The highest BCUT2D eigenvalue weighted by Gasteiger charge is 2.44. The molecule has 2 aromatic carbocycles. The van der Waals surface area contributed by atoms with Crippen LogP contribution in [-0.4, -0.2) is 90.9 Å². The quantitative estimate of drug-likeness (QED) is 0.412. The summed E-state index contributed by atoms with van der Waals surface area (Å²) in [5.41, 5.74) is 3.36. The van der Waals surface area contributed by atoms with Gasteiger partial charge >= 0.3 is 0 Å². The van der Waals surface area contributed by atoms with Gasteiger partial charge in [0.05, 0.1) is 31.5 Å². The lowest BCUT2D eigenvalue weighted by Crippen LogP contribution is -2.50. The van der Waals surface area contributed by atoms with Crippen LogP contribution in [0, 0.1) is 23.7 Å². The Morgan fingerprint density at radius 3 is 2.50 bits per heavy atom. The molecule has 276 valence electrons. The zero-order valence-electron chi connectivity index (χ0n) is 29.9. The minimum Gasteiger partial charge on any atom is -0.487 e. The van der Waals surface area contributed by atoms with Crippen LogP contribution >= 0.6 is 11.6 Å². The summed E-state index contributed by atoms with van der Waals surface area (Å²) in [6.07, 6.45) is 7.11. The minimum absolute atomic E-state index is 0.00281. The normalized spacial score (nSPS) is 30.9. The summed E-state index contributed by atoms with van der Waals surface area (Å²) in [6.45, 7) is 5.14. The molecule has 2 aromatic rings. The van der Waals surface area contributed by atoms with Gasteiger partial charge < -0.3 is 28.7 Å². The zero-order chi connectivity index (χ0) is 35.4. The Bertz CT molecular complexity index is 1580. The molecule has 1 amide bonds. The molecule has 0 radical (unpaired) electrons. The third-order valence-corrected chi connectivity index (χ3v) is 13.6. The largest absolute Gasteiger partial charge is 0.487 e. The molecule has 2 fully saturated rings. The number of nitrogens with one attached hydrogen (secondary N) is 1. The third-order valence-electron chi connectivity index (χ3n) is 11.5. The van der Waals surface area contributed by atoms with Gasteiger partial charge in [-0.05, 0) is 118 Å². The highest BCUT2D eigenvalue weighted by Crippen LogP contribution is 2.46. The molecule has 3 aliphatic heterocycles. The van der Waals surface area contributed by atoms with Crippen molar-refractivity contribution in [1.82, 2.24) is 9.62 Å². The summed E-state index contributed by atoms with van der Waals surface area (Å²) in [5.74, 6) is 0.799. The van der Waals surface area contributed by atoms with Crippen molar-refractivity contribution in [2.45, 2.75) is 82.5 Å². The van der Waals surface area contributed by atoms with Crippen molar-refractivity contribution in [1.29, 1.82) is 0 Å². The number of amides is 1. The number of sulfonamides is 1. The van der Waals surface area contributed by atoms with Gasteiger partial charge in [-0.1, -0.05) is 31.0 Å². The number of ether oxygens (including phenoxy) is 4. The summed E-state index contributed by atoms with van der Waals surface area (Å²) in [7, 11) is 1.55. The molecule has 0 spiro atoms. The molecule has 5 atom stereocenters. The number of rotatable bonds is 4. The summed E-state index contributed by atoms with van der Waals surface area (Å²) < 4.78 is 54.7. The maximum atomic E-state index is 13.8. The Hall–Kier alpha value is -2.41. The number of nitrogens with zero attached hydrogens (tertiary/aromatic N) is 2. The van der Waals surface area contributed by atoms with Crippen LogP contribution in [0.15, 0.2) is 36.4 Å². The fraction of sp³-hybridized carbons (Fsp3) is 0.658. The Morgan fingerprint density at radius 2 is 1.78 bits per heavy atom. The van der Waals surface area contributed by atoms with Crippen molar-refractivity contribution in [2.24, 2.45) is 23.7 Å². The van der Waals surface area contributed by atoms with Crippen LogP contribution in [0.2, 0.25) is 5.02 Å². The van der Waals surface area contributed by atoms with Crippen LogP contribution < -0.4 is 14.4 Å². The number of aryl methyl sites for hydroxylation is 1. The number of fused-ring (bicyclic) bond motifs is 3. The Labute approximate surface area is 303 Å². The number of anilines is 1. The van der Waals surface area contributed by atoms with Crippen molar-refractivity contribution >= 4 is 33.2 Å². The second-order valence-electron chi connectivity index (χ2n) is 15.0. The van der Waals surface area contributed by atoms with Crippen molar-refractivity contribution in [3.63, 3.8) is 0 Å². The molecular weight excluding hydrogens is 678 g/mol. The SMILES string of the molecule is COC[C@H]1[C@@H](C)CCC[C@H]([C@H]2OC[C@@H](N(C)C)CO2)[C@@H]2CC[C@H]2CN2CCCCc3cc(Cl)ccc3COc3ccc(cc32)C(=O)NS1(=O)=O. The van der Waals surface area contributed by atoms with E-state index < -0.39 is 21.2 Å². The molecule has 1 saturated carbocycles. The molecule has 0 aromatic heterocycles. The number of hydrogen-bond acceptors (Lipinski definition) is 9. The monoisotopic (exact) mass is 731 g/mol. The van der Waals surface area contributed by atoms with E-state index >= 15 is 0 Å². The van der Waals surface area contributed by atoms with E-state index in [4.69, 9.17) is 30.5 Å². The van der Waals surface area contributed by atoms with Gasteiger partial charge in [0.2, 0.25) is 10.0 Å². The van der Waals surface area contributed by atoms with Gasteiger partial charge in [-0.3, -0.25) is 4.79 Å². The maximum absolute atomic E-state index is 13.8. The smallest absolute Gasteiger partial charge is 0.264 e. The van der Waals surface area contributed by atoms with E-state index in [-0.39, 0.29) is 36.3 Å². The molecule has 3 heterocycles. The average molecular weight is 732 g/mol. The Morgan fingerprint density at radius 1 is 0.980 bits per heavy atom. The summed E-state index contributed by atoms with van der Waals surface area (Å²) in [6, 6.07) is 11.4. The van der Waals surface area contributed by atoms with Gasteiger partial charge in [-0.2, -0.15) is 0 Å². The van der Waals surface area contributed by atoms with E-state index in [1.54, 1.807) is 12.1 Å². The number of halogens is 1. The van der Waals surface area contributed by atoms with Gasteiger partial charge in [0.15, 0.2) is 6.29 Å². The predicted molar refractivity (Wildman–Crippen MR) is 195 cm³/mol. The molecule has 0 unspecified atom stereocenters. The summed E-state index contributed by atoms with van der Waals surface area (Å²) in [5, 5.41) is -0.165. The molecule has 12 heteroatoms. The summed E-state index contributed by atoms with van der Waals surface area (Å²) >= 11 is 6.38. The minimum atomic E-state index is -4.05. The lowest BCUT2D eigenvalue weighted by atomic mass is 9.65. The first-order chi connectivity index (χ1) is 24.0. The first-order valence-corrected chi connectivity index (χ1v) is 20.2. The van der Waals surface area contributed by atoms with Gasteiger partial charge in [0.1, 0.15) is 17.6 Å². The molecule has 1 aliphatic carbocycles. The van der Waals surface area contributed by atoms with Gasteiger partial charge in [-0.15, -0.1) is 0 Å². The van der Waals surface area contributed by atoms with Crippen LogP contribution in [-0.2, 0) is 37.3 Å². The molecule has 1 N–H and O–H groups in total. The fourth-order valence-corrected chi connectivity index (χ4v) is 9.99. The van der Waals surface area contributed by atoms with Crippen molar-refractivity contribution in [3.8, 4) is 5.75 Å². The number of likely N-dealkylation sites (N-methyl/N-ethyl adjacent to an activating group) is 1. The topological polar surface area (TPSA) is 107 Å².